The molecule has 0 saturated heterocycles. The SMILES string of the molecule is Cc1ccc(C(C)(C)c2ccc(OC(=O)c3ccc(C(=O)Oc4ccc(C(C)(C)c5ccc(O)cc5)cc4)o3)cc2)cc1. The van der Waals surface area contributed by atoms with Crippen LogP contribution in [0.4, 0.5) is 0 Å². The third-order valence-electron chi connectivity index (χ3n) is 7.94. The van der Waals surface area contributed by atoms with E-state index in [9.17, 15) is 14.7 Å². The van der Waals surface area contributed by atoms with Crippen LogP contribution in [0.1, 0.15) is 76.6 Å². The van der Waals surface area contributed by atoms with Crippen LogP contribution in [-0.4, -0.2) is 17.0 Å². The Hall–Kier alpha value is -5.10. The van der Waals surface area contributed by atoms with Crippen LogP contribution in [0.25, 0.3) is 0 Å². The number of hydrogen-bond donors (Lipinski definition) is 1. The van der Waals surface area contributed by atoms with Gasteiger partial charge in [0.15, 0.2) is 0 Å². The number of hydrogen-bond acceptors (Lipinski definition) is 6. The summed E-state index contributed by atoms with van der Waals surface area (Å²) in [6.45, 7) is 10.5. The maximum atomic E-state index is 12.7. The number of phenols is 1. The summed E-state index contributed by atoms with van der Waals surface area (Å²) < 4.78 is 16.4. The highest BCUT2D eigenvalue weighted by atomic mass is 16.6. The average Bonchev–Trinajstić information content (AvgIpc) is 3.49. The molecule has 218 valence electrons. The Labute approximate surface area is 251 Å². The fraction of sp³-hybridized carbons (Fsp3) is 0.189. The number of ether oxygens (including phenoxy) is 2. The van der Waals surface area contributed by atoms with E-state index in [2.05, 4.69) is 58.9 Å². The van der Waals surface area contributed by atoms with E-state index >= 15 is 0 Å². The summed E-state index contributed by atoms with van der Waals surface area (Å²) >= 11 is 0. The number of furan rings is 1. The average molecular weight is 575 g/mol. The molecule has 0 bridgehead atoms. The minimum atomic E-state index is -0.729. The Balaban J connectivity index is 1.20. The van der Waals surface area contributed by atoms with Gasteiger partial charge in [-0.15, -0.1) is 0 Å². The molecule has 0 aliphatic heterocycles. The second-order valence-corrected chi connectivity index (χ2v) is 11.7. The number of carbonyl (C=O) groups excluding carboxylic acids is 2. The summed E-state index contributed by atoms with van der Waals surface area (Å²) in [6, 6.07) is 32.8. The van der Waals surface area contributed by atoms with E-state index in [1.54, 1.807) is 36.4 Å². The van der Waals surface area contributed by atoms with Crippen LogP contribution in [-0.2, 0) is 10.8 Å². The quantitative estimate of drug-likeness (QED) is 0.148. The minimum absolute atomic E-state index is 0.109. The Morgan fingerprint density at radius 3 is 1.23 bits per heavy atom. The molecule has 0 spiro atoms. The zero-order valence-corrected chi connectivity index (χ0v) is 24.9. The largest absolute Gasteiger partial charge is 0.508 e. The molecule has 6 heteroatoms. The molecule has 6 nitrogen and oxygen atoms in total. The minimum Gasteiger partial charge on any atom is -0.508 e. The lowest BCUT2D eigenvalue weighted by Crippen LogP contribution is -2.18. The van der Waals surface area contributed by atoms with E-state index in [0.717, 1.165) is 16.7 Å². The van der Waals surface area contributed by atoms with Crippen molar-refractivity contribution in [1.82, 2.24) is 0 Å². The van der Waals surface area contributed by atoms with E-state index in [1.165, 1.54) is 23.3 Å². The van der Waals surface area contributed by atoms with E-state index in [4.69, 9.17) is 13.9 Å². The highest BCUT2D eigenvalue weighted by Crippen LogP contribution is 2.34. The maximum Gasteiger partial charge on any atom is 0.379 e. The van der Waals surface area contributed by atoms with Crippen LogP contribution in [0.2, 0.25) is 0 Å². The summed E-state index contributed by atoms with van der Waals surface area (Å²) in [7, 11) is 0. The van der Waals surface area contributed by atoms with Crippen LogP contribution in [0.5, 0.6) is 17.2 Å². The normalized spacial score (nSPS) is 11.7. The Morgan fingerprint density at radius 1 is 0.535 bits per heavy atom. The molecule has 0 amide bonds. The molecule has 0 aliphatic rings. The maximum absolute atomic E-state index is 12.7. The fourth-order valence-electron chi connectivity index (χ4n) is 4.93. The molecule has 0 fully saturated rings. The summed E-state index contributed by atoms with van der Waals surface area (Å²) in [5.74, 6) is -0.757. The number of aryl methyl sites for hydroxylation is 1. The Bertz CT molecular complexity index is 1590. The van der Waals surface area contributed by atoms with Crippen molar-refractivity contribution >= 4 is 11.9 Å². The van der Waals surface area contributed by atoms with Crippen molar-refractivity contribution in [2.75, 3.05) is 0 Å². The van der Waals surface area contributed by atoms with Crippen LogP contribution in [0.3, 0.4) is 0 Å². The van der Waals surface area contributed by atoms with Crippen molar-refractivity contribution in [2.45, 2.75) is 45.4 Å². The topological polar surface area (TPSA) is 86.0 Å². The summed E-state index contributed by atoms with van der Waals surface area (Å²) in [6.07, 6.45) is 0. The van der Waals surface area contributed by atoms with Gasteiger partial charge in [-0.3, -0.25) is 0 Å². The van der Waals surface area contributed by atoms with Gasteiger partial charge in [0.2, 0.25) is 11.5 Å². The van der Waals surface area contributed by atoms with Gasteiger partial charge in [-0.25, -0.2) is 9.59 Å². The number of aromatic hydroxyl groups is 1. The third-order valence-corrected chi connectivity index (χ3v) is 7.94. The smallest absolute Gasteiger partial charge is 0.379 e. The lowest BCUT2D eigenvalue weighted by Gasteiger charge is -2.26. The molecule has 43 heavy (non-hydrogen) atoms. The first-order valence-electron chi connectivity index (χ1n) is 14.1. The number of benzene rings is 4. The molecule has 0 saturated carbocycles. The first kappa shape index (κ1) is 29.4. The lowest BCUT2D eigenvalue weighted by molar-refractivity contribution is 0.0671. The number of carbonyl (C=O) groups is 2. The van der Waals surface area contributed by atoms with Crippen molar-refractivity contribution in [2.24, 2.45) is 0 Å². The van der Waals surface area contributed by atoms with Gasteiger partial charge >= 0.3 is 11.9 Å². The third kappa shape index (κ3) is 6.38. The second kappa shape index (κ2) is 11.6. The summed E-state index contributed by atoms with van der Waals surface area (Å²) in [5, 5.41) is 9.60. The van der Waals surface area contributed by atoms with E-state index in [1.807, 2.05) is 36.4 Å². The van der Waals surface area contributed by atoms with Crippen molar-refractivity contribution in [1.29, 1.82) is 0 Å². The van der Waals surface area contributed by atoms with E-state index in [0.29, 0.717) is 11.5 Å². The highest BCUT2D eigenvalue weighted by molar-refractivity contribution is 5.92. The van der Waals surface area contributed by atoms with Gasteiger partial charge < -0.3 is 19.0 Å². The van der Waals surface area contributed by atoms with Crippen LogP contribution >= 0.6 is 0 Å². The van der Waals surface area contributed by atoms with Crippen molar-refractivity contribution in [3.8, 4) is 17.2 Å². The summed E-state index contributed by atoms with van der Waals surface area (Å²) in [5.41, 5.74) is 4.96. The highest BCUT2D eigenvalue weighted by Gasteiger charge is 2.25. The number of rotatable bonds is 8. The lowest BCUT2D eigenvalue weighted by atomic mass is 9.78. The molecule has 1 heterocycles. The molecule has 4 aromatic carbocycles. The molecular weight excluding hydrogens is 540 g/mol. The molecule has 0 aliphatic carbocycles. The number of esters is 2. The van der Waals surface area contributed by atoms with Crippen LogP contribution < -0.4 is 9.47 Å². The standard InChI is InChI=1S/C37H34O6/c1-24-6-8-25(9-7-24)36(2,3)27-12-18-30(19-13-27)41-34(39)32-22-23-33(43-32)35(40)42-31-20-14-28(15-21-31)37(4,5)26-10-16-29(38)17-11-26/h6-23,38H,1-5H3. The fourth-order valence-corrected chi connectivity index (χ4v) is 4.93. The van der Waals surface area contributed by atoms with Crippen LogP contribution in [0, 0.1) is 6.92 Å². The van der Waals surface area contributed by atoms with Gasteiger partial charge in [0.1, 0.15) is 17.2 Å². The van der Waals surface area contributed by atoms with Gasteiger partial charge in [0, 0.05) is 10.8 Å². The Morgan fingerprint density at radius 2 is 0.860 bits per heavy atom. The first-order valence-corrected chi connectivity index (χ1v) is 14.1. The van der Waals surface area contributed by atoms with Gasteiger partial charge in [0.05, 0.1) is 0 Å². The molecule has 5 rings (SSSR count). The van der Waals surface area contributed by atoms with Gasteiger partial charge in [-0.05, 0) is 77.7 Å². The molecule has 1 aromatic heterocycles. The zero-order chi connectivity index (χ0) is 30.8. The molecule has 0 unspecified atom stereocenters. The molecule has 0 radical (unpaired) electrons. The summed E-state index contributed by atoms with van der Waals surface area (Å²) in [4.78, 5) is 25.4. The number of phenolic OH excluding ortho intramolecular Hbond substituents is 1. The zero-order valence-electron chi connectivity index (χ0n) is 24.9. The predicted octanol–water partition coefficient (Wildman–Crippen LogP) is 8.38. The van der Waals surface area contributed by atoms with Crippen LogP contribution in [0.15, 0.2) is 114 Å². The molecule has 5 aromatic rings. The monoisotopic (exact) mass is 574 g/mol. The van der Waals surface area contributed by atoms with Crippen molar-refractivity contribution < 1.29 is 28.6 Å². The first-order chi connectivity index (χ1) is 20.4. The molecule has 1 N–H and O–H groups in total. The van der Waals surface area contributed by atoms with Gasteiger partial charge in [0.25, 0.3) is 0 Å². The Kier molecular flexibility index (Phi) is 7.96. The second-order valence-electron chi connectivity index (χ2n) is 11.7. The van der Waals surface area contributed by atoms with Crippen molar-refractivity contribution in [3.63, 3.8) is 0 Å². The predicted molar refractivity (Wildman–Crippen MR) is 165 cm³/mol. The van der Waals surface area contributed by atoms with Gasteiger partial charge in [-0.2, -0.15) is 0 Å². The van der Waals surface area contributed by atoms with Gasteiger partial charge in [-0.1, -0.05) is 93.9 Å². The van der Waals surface area contributed by atoms with E-state index < -0.39 is 11.9 Å². The van der Waals surface area contributed by atoms with Crippen molar-refractivity contribution in [3.05, 3.63) is 149 Å². The molecular formula is C37H34O6. The van der Waals surface area contributed by atoms with E-state index in [-0.39, 0.29) is 28.1 Å². The molecule has 0 atom stereocenters.